The molecular formula is C23H27N3O2. The maximum Gasteiger partial charge on any atom is 0.253 e. The van der Waals surface area contributed by atoms with Gasteiger partial charge in [0.25, 0.3) is 5.91 Å². The minimum Gasteiger partial charge on any atom is -0.382 e. The molecule has 0 radical (unpaired) electrons. The van der Waals surface area contributed by atoms with Crippen LogP contribution in [0.4, 0.5) is 5.69 Å². The lowest BCUT2D eigenvalue weighted by Crippen LogP contribution is -2.54. The number of carbonyl (C=O) groups is 2. The second-order valence-corrected chi connectivity index (χ2v) is 7.89. The van der Waals surface area contributed by atoms with E-state index in [0.29, 0.717) is 31.7 Å². The molecule has 28 heavy (non-hydrogen) atoms. The van der Waals surface area contributed by atoms with Crippen LogP contribution in [0.2, 0.25) is 0 Å². The largest absolute Gasteiger partial charge is 0.382 e. The molecule has 0 aliphatic carbocycles. The van der Waals surface area contributed by atoms with E-state index in [-0.39, 0.29) is 23.8 Å². The molecule has 2 aliphatic rings. The monoisotopic (exact) mass is 377 g/mol. The molecule has 1 saturated heterocycles. The highest BCUT2D eigenvalue weighted by molar-refractivity contribution is 5.94. The summed E-state index contributed by atoms with van der Waals surface area (Å²) in [6.45, 7) is 6.54. The summed E-state index contributed by atoms with van der Waals surface area (Å²) in [5.74, 6) is 0.175. The van der Waals surface area contributed by atoms with Crippen molar-refractivity contribution < 1.29 is 9.59 Å². The SMILES string of the molecule is Cc1ccc2c(c1)CC(C(=O)N1CCN(C(=O)c3ccccc3)CC1)C(C)N2. The standard InChI is InChI=1S/C23H27N3O2/c1-16-8-9-21-19(14-16)15-20(17(2)24-21)23(28)26-12-10-25(11-13-26)22(27)18-6-4-3-5-7-18/h3-9,14,17,20,24H,10-13,15H2,1-2H3. The van der Waals surface area contributed by atoms with Gasteiger partial charge in [0.15, 0.2) is 0 Å². The number of aryl methyl sites for hydroxylation is 1. The van der Waals surface area contributed by atoms with Gasteiger partial charge in [-0.3, -0.25) is 9.59 Å². The maximum absolute atomic E-state index is 13.2. The number of hydrogen-bond donors (Lipinski definition) is 1. The van der Waals surface area contributed by atoms with Gasteiger partial charge in [-0.25, -0.2) is 0 Å². The number of rotatable bonds is 2. The Morgan fingerprint density at radius 2 is 1.64 bits per heavy atom. The van der Waals surface area contributed by atoms with Crippen LogP contribution in [0.25, 0.3) is 0 Å². The van der Waals surface area contributed by atoms with Crippen molar-refractivity contribution in [3.05, 3.63) is 65.2 Å². The average molecular weight is 377 g/mol. The third-order valence-corrected chi connectivity index (χ3v) is 5.90. The summed E-state index contributed by atoms with van der Waals surface area (Å²) in [5.41, 5.74) is 4.28. The Morgan fingerprint density at radius 3 is 2.36 bits per heavy atom. The first-order chi connectivity index (χ1) is 13.5. The van der Waals surface area contributed by atoms with Gasteiger partial charge in [-0.1, -0.05) is 35.9 Å². The summed E-state index contributed by atoms with van der Waals surface area (Å²) in [6.07, 6.45) is 0.771. The Kier molecular flexibility index (Phi) is 5.07. The fourth-order valence-corrected chi connectivity index (χ4v) is 4.22. The van der Waals surface area contributed by atoms with Crippen LogP contribution < -0.4 is 5.32 Å². The second-order valence-electron chi connectivity index (χ2n) is 7.89. The van der Waals surface area contributed by atoms with Gasteiger partial charge in [-0.15, -0.1) is 0 Å². The summed E-state index contributed by atoms with van der Waals surface area (Å²) in [5, 5.41) is 3.49. The summed E-state index contributed by atoms with van der Waals surface area (Å²) < 4.78 is 0. The zero-order chi connectivity index (χ0) is 19.7. The molecule has 0 saturated carbocycles. The van der Waals surface area contributed by atoms with Crippen molar-refractivity contribution in [3.8, 4) is 0 Å². The van der Waals surface area contributed by atoms with Gasteiger partial charge in [0.2, 0.25) is 5.91 Å². The van der Waals surface area contributed by atoms with E-state index in [4.69, 9.17) is 0 Å². The Bertz CT molecular complexity index is 873. The molecule has 5 heteroatoms. The molecule has 2 amide bonds. The van der Waals surface area contributed by atoms with Gasteiger partial charge < -0.3 is 15.1 Å². The molecule has 2 aliphatic heterocycles. The molecule has 5 nitrogen and oxygen atoms in total. The molecule has 2 aromatic rings. The third-order valence-electron chi connectivity index (χ3n) is 5.90. The molecule has 4 rings (SSSR count). The van der Waals surface area contributed by atoms with E-state index < -0.39 is 0 Å². The number of hydrogen-bond acceptors (Lipinski definition) is 3. The van der Waals surface area contributed by atoms with Gasteiger partial charge in [0, 0.05) is 43.5 Å². The van der Waals surface area contributed by atoms with Crippen molar-refractivity contribution in [1.29, 1.82) is 0 Å². The summed E-state index contributed by atoms with van der Waals surface area (Å²) in [4.78, 5) is 29.6. The van der Waals surface area contributed by atoms with Crippen LogP contribution in [0.3, 0.4) is 0 Å². The number of fused-ring (bicyclic) bond motifs is 1. The van der Waals surface area contributed by atoms with Crippen LogP contribution in [0.5, 0.6) is 0 Å². The first-order valence-corrected chi connectivity index (χ1v) is 10.0. The molecule has 2 atom stereocenters. The van der Waals surface area contributed by atoms with Crippen LogP contribution in [-0.4, -0.2) is 53.8 Å². The smallest absolute Gasteiger partial charge is 0.253 e. The van der Waals surface area contributed by atoms with Crippen molar-refractivity contribution in [3.63, 3.8) is 0 Å². The number of benzene rings is 2. The summed E-state index contributed by atoms with van der Waals surface area (Å²) in [7, 11) is 0. The normalized spacial score (nSPS) is 21.6. The zero-order valence-electron chi connectivity index (χ0n) is 16.5. The molecule has 0 aromatic heterocycles. The highest BCUT2D eigenvalue weighted by Gasteiger charge is 2.35. The Morgan fingerprint density at radius 1 is 0.964 bits per heavy atom. The van der Waals surface area contributed by atoms with E-state index in [9.17, 15) is 9.59 Å². The molecule has 2 unspecified atom stereocenters. The van der Waals surface area contributed by atoms with E-state index in [1.165, 1.54) is 11.1 Å². The van der Waals surface area contributed by atoms with E-state index in [2.05, 4.69) is 37.4 Å². The highest BCUT2D eigenvalue weighted by Crippen LogP contribution is 2.30. The minimum absolute atomic E-state index is 0.0461. The maximum atomic E-state index is 13.2. The topological polar surface area (TPSA) is 52.7 Å². The molecule has 2 heterocycles. The number of amides is 2. The molecular weight excluding hydrogens is 350 g/mol. The average Bonchev–Trinajstić information content (AvgIpc) is 2.73. The van der Waals surface area contributed by atoms with Gasteiger partial charge in [-0.2, -0.15) is 0 Å². The van der Waals surface area contributed by atoms with Gasteiger partial charge in [0.05, 0.1) is 5.92 Å². The van der Waals surface area contributed by atoms with Crippen molar-refractivity contribution in [2.75, 3.05) is 31.5 Å². The van der Waals surface area contributed by atoms with E-state index in [0.717, 1.165) is 12.1 Å². The Labute approximate surface area is 166 Å². The minimum atomic E-state index is -0.0642. The zero-order valence-corrected chi connectivity index (χ0v) is 16.5. The molecule has 146 valence electrons. The second kappa shape index (κ2) is 7.66. The lowest BCUT2D eigenvalue weighted by atomic mass is 9.86. The quantitative estimate of drug-likeness (QED) is 0.875. The third kappa shape index (κ3) is 3.61. The molecule has 1 fully saturated rings. The first kappa shape index (κ1) is 18.5. The summed E-state index contributed by atoms with van der Waals surface area (Å²) in [6, 6.07) is 15.8. The predicted octanol–water partition coefficient (Wildman–Crippen LogP) is 2.95. The molecule has 0 bridgehead atoms. The summed E-state index contributed by atoms with van der Waals surface area (Å²) >= 11 is 0. The van der Waals surface area contributed by atoms with E-state index in [1.54, 1.807) is 0 Å². The van der Waals surface area contributed by atoms with Crippen molar-refractivity contribution >= 4 is 17.5 Å². The predicted molar refractivity (Wildman–Crippen MR) is 110 cm³/mol. The first-order valence-electron chi connectivity index (χ1n) is 10.0. The lowest BCUT2D eigenvalue weighted by Gasteiger charge is -2.39. The van der Waals surface area contributed by atoms with Crippen LogP contribution in [-0.2, 0) is 11.2 Å². The van der Waals surface area contributed by atoms with Crippen molar-refractivity contribution in [2.24, 2.45) is 5.92 Å². The van der Waals surface area contributed by atoms with Crippen LogP contribution >= 0.6 is 0 Å². The Balaban J connectivity index is 1.39. The number of carbonyl (C=O) groups excluding carboxylic acids is 2. The molecule has 2 aromatic carbocycles. The van der Waals surface area contributed by atoms with Crippen molar-refractivity contribution in [1.82, 2.24) is 9.80 Å². The van der Waals surface area contributed by atoms with Gasteiger partial charge in [0.1, 0.15) is 0 Å². The van der Waals surface area contributed by atoms with Crippen LogP contribution in [0.15, 0.2) is 48.5 Å². The number of nitrogens with zero attached hydrogens (tertiary/aromatic N) is 2. The molecule has 0 spiro atoms. The highest BCUT2D eigenvalue weighted by atomic mass is 16.2. The van der Waals surface area contributed by atoms with Crippen LogP contribution in [0.1, 0.15) is 28.4 Å². The number of piperazine rings is 1. The number of nitrogens with one attached hydrogen (secondary N) is 1. The Hall–Kier alpha value is -2.82. The van der Waals surface area contributed by atoms with E-state index in [1.807, 2.05) is 40.1 Å². The number of anilines is 1. The van der Waals surface area contributed by atoms with Gasteiger partial charge >= 0.3 is 0 Å². The fraction of sp³-hybridized carbons (Fsp3) is 0.391. The van der Waals surface area contributed by atoms with Gasteiger partial charge in [-0.05, 0) is 44.0 Å². The van der Waals surface area contributed by atoms with E-state index >= 15 is 0 Å². The van der Waals surface area contributed by atoms with Crippen LogP contribution in [0, 0.1) is 12.8 Å². The fourth-order valence-electron chi connectivity index (χ4n) is 4.22. The lowest BCUT2D eigenvalue weighted by molar-refractivity contribution is -0.137. The van der Waals surface area contributed by atoms with Crippen molar-refractivity contribution in [2.45, 2.75) is 26.3 Å². The molecule has 1 N–H and O–H groups in total.